The molecule has 0 heterocycles. The highest BCUT2D eigenvalue weighted by atomic mass is 16.5. The van der Waals surface area contributed by atoms with Crippen molar-refractivity contribution >= 4 is 5.71 Å². The van der Waals surface area contributed by atoms with Crippen LogP contribution in [0.15, 0.2) is 24.3 Å². The number of aryl methyl sites for hydroxylation is 1. The van der Waals surface area contributed by atoms with Crippen LogP contribution in [0.2, 0.25) is 0 Å². The summed E-state index contributed by atoms with van der Waals surface area (Å²) in [6.07, 6.45) is 8.57. The number of ether oxygens (including phenoxy) is 1. The van der Waals surface area contributed by atoms with E-state index in [1.807, 2.05) is 13.0 Å². The van der Waals surface area contributed by atoms with Gasteiger partial charge in [0.05, 0.1) is 6.61 Å². The lowest BCUT2D eigenvalue weighted by molar-refractivity contribution is 0.208. The monoisotopic (exact) mass is 259 g/mol. The zero-order chi connectivity index (χ0) is 13.5. The van der Waals surface area contributed by atoms with Gasteiger partial charge in [-0.05, 0) is 56.2 Å². The predicted octanol–water partition coefficient (Wildman–Crippen LogP) is 4.62. The Balaban J connectivity index is 1.82. The van der Waals surface area contributed by atoms with Crippen LogP contribution < -0.4 is 4.74 Å². The van der Waals surface area contributed by atoms with Crippen LogP contribution >= 0.6 is 0 Å². The Bertz CT molecular complexity index is 407. The lowest BCUT2D eigenvalue weighted by atomic mass is 9.90. The summed E-state index contributed by atoms with van der Waals surface area (Å²) >= 11 is 0. The Morgan fingerprint density at radius 2 is 2.05 bits per heavy atom. The van der Waals surface area contributed by atoms with Crippen LogP contribution in [0, 0.1) is 11.3 Å². The first-order valence-corrected chi connectivity index (χ1v) is 7.50. The maximum absolute atomic E-state index is 7.48. The Labute approximate surface area is 116 Å². The first-order valence-electron chi connectivity index (χ1n) is 7.50. The molecule has 1 N–H and O–H groups in total. The summed E-state index contributed by atoms with van der Waals surface area (Å²) in [5.74, 6) is 1.74. The van der Waals surface area contributed by atoms with Gasteiger partial charge in [0.1, 0.15) is 5.75 Å². The largest absolute Gasteiger partial charge is 0.493 e. The molecule has 0 bridgehead atoms. The predicted molar refractivity (Wildman–Crippen MR) is 80.2 cm³/mol. The minimum atomic E-state index is 0.744. The molecule has 1 aromatic carbocycles. The smallest absolute Gasteiger partial charge is 0.119 e. The molecule has 0 saturated heterocycles. The Hall–Kier alpha value is -1.31. The molecule has 0 aliphatic heterocycles. The van der Waals surface area contributed by atoms with E-state index in [0.29, 0.717) is 0 Å². The van der Waals surface area contributed by atoms with Crippen LogP contribution in [-0.4, -0.2) is 12.3 Å². The molecule has 1 aliphatic rings. The highest BCUT2D eigenvalue weighted by Gasteiger charge is 2.13. The lowest BCUT2D eigenvalue weighted by Crippen LogP contribution is -2.15. The zero-order valence-electron chi connectivity index (χ0n) is 12.0. The first-order chi connectivity index (χ1) is 9.24. The van der Waals surface area contributed by atoms with Gasteiger partial charge in [0.2, 0.25) is 0 Å². The van der Waals surface area contributed by atoms with E-state index in [2.05, 4.69) is 18.2 Å². The quantitative estimate of drug-likeness (QED) is 0.743. The van der Waals surface area contributed by atoms with Crippen molar-refractivity contribution in [1.82, 2.24) is 0 Å². The molecular weight excluding hydrogens is 234 g/mol. The van der Waals surface area contributed by atoms with Crippen LogP contribution in [0.25, 0.3) is 0 Å². The van der Waals surface area contributed by atoms with E-state index in [1.54, 1.807) is 0 Å². The summed E-state index contributed by atoms with van der Waals surface area (Å²) in [4.78, 5) is 0. The van der Waals surface area contributed by atoms with Crippen LogP contribution in [0.3, 0.4) is 0 Å². The van der Waals surface area contributed by atoms with E-state index < -0.39 is 0 Å². The molecule has 1 aromatic rings. The lowest BCUT2D eigenvalue weighted by Gasteiger charge is -2.21. The fraction of sp³-hybridized carbons (Fsp3) is 0.588. The van der Waals surface area contributed by atoms with Gasteiger partial charge in [0.25, 0.3) is 0 Å². The van der Waals surface area contributed by atoms with Crippen molar-refractivity contribution in [1.29, 1.82) is 5.41 Å². The topological polar surface area (TPSA) is 33.1 Å². The second kappa shape index (κ2) is 7.32. The highest BCUT2D eigenvalue weighted by Crippen LogP contribution is 2.25. The maximum atomic E-state index is 7.48. The second-order valence-corrected chi connectivity index (χ2v) is 5.74. The molecule has 1 aliphatic carbocycles. The van der Waals surface area contributed by atoms with Gasteiger partial charge < -0.3 is 10.1 Å². The summed E-state index contributed by atoms with van der Waals surface area (Å²) < 4.78 is 5.94. The average molecular weight is 259 g/mol. The van der Waals surface area contributed by atoms with Crippen molar-refractivity contribution in [3.8, 4) is 5.75 Å². The van der Waals surface area contributed by atoms with Crippen molar-refractivity contribution in [2.75, 3.05) is 6.61 Å². The molecule has 0 aromatic heterocycles. The number of benzene rings is 1. The Morgan fingerprint density at radius 1 is 1.26 bits per heavy atom. The zero-order valence-corrected chi connectivity index (χ0v) is 12.0. The number of nitrogens with one attached hydrogen (secondary N) is 1. The van der Waals surface area contributed by atoms with Crippen molar-refractivity contribution in [3.05, 3.63) is 29.8 Å². The van der Waals surface area contributed by atoms with Gasteiger partial charge in [0, 0.05) is 5.71 Å². The van der Waals surface area contributed by atoms with Gasteiger partial charge in [-0.15, -0.1) is 0 Å². The van der Waals surface area contributed by atoms with E-state index in [-0.39, 0.29) is 0 Å². The van der Waals surface area contributed by atoms with Crippen LogP contribution in [0.4, 0.5) is 0 Å². The van der Waals surface area contributed by atoms with E-state index in [1.165, 1.54) is 37.7 Å². The molecule has 0 spiro atoms. The third-order valence-electron chi connectivity index (χ3n) is 3.90. The molecule has 0 atom stereocenters. The van der Waals surface area contributed by atoms with E-state index in [4.69, 9.17) is 10.1 Å². The molecule has 0 unspecified atom stereocenters. The van der Waals surface area contributed by atoms with Crippen LogP contribution in [0.1, 0.15) is 51.0 Å². The van der Waals surface area contributed by atoms with Crippen LogP contribution in [0.5, 0.6) is 5.75 Å². The van der Waals surface area contributed by atoms with Gasteiger partial charge in [-0.1, -0.05) is 31.4 Å². The van der Waals surface area contributed by atoms with Crippen molar-refractivity contribution in [3.63, 3.8) is 0 Å². The molecule has 2 nitrogen and oxygen atoms in total. The third kappa shape index (κ3) is 5.06. The van der Waals surface area contributed by atoms with Crippen molar-refractivity contribution in [2.24, 2.45) is 5.92 Å². The molecule has 1 saturated carbocycles. The number of hydrogen-bond donors (Lipinski definition) is 1. The second-order valence-electron chi connectivity index (χ2n) is 5.74. The van der Waals surface area contributed by atoms with Gasteiger partial charge in [-0.25, -0.2) is 0 Å². The third-order valence-corrected chi connectivity index (χ3v) is 3.90. The van der Waals surface area contributed by atoms with Gasteiger partial charge in [-0.3, -0.25) is 0 Å². The minimum Gasteiger partial charge on any atom is -0.493 e. The molecule has 2 rings (SSSR count). The Kier molecular flexibility index (Phi) is 5.44. The molecule has 19 heavy (non-hydrogen) atoms. The highest BCUT2D eigenvalue weighted by molar-refractivity contribution is 5.78. The minimum absolute atomic E-state index is 0.744. The van der Waals surface area contributed by atoms with Crippen molar-refractivity contribution < 1.29 is 4.74 Å². The van der Waals surface area contributed by atoms with Crippen LogP contribution in [-0.2, 0) is 6.42 Å². The van der Waals surface area contributed by atoms with Gasteiger partial charge in [0.15, 0.2) is 0 Å². The number of hydrogen-bond acceptors (Lipinski definition) is 2. The molecular formula is C17H25NO. The fourth-order valence-corrected chi connectivity index (χ4v) is 2.69. The molecule has 0 amide bonds. The summed E-state index contributed by atoms with van der Waals surface area (Å²) in [7, 11) is 0. The first kappa shape index (κ1) is 14.1. The average Bonchev–Trinajstić information content (AvgIpc) is 2.44. The fourth-order valence-electron chi connectivity index (χ4n) is 2.69. The SMILES string of the molecule is CC(=N)CCc1cccc(OCC2CCCCC2)c1. The normalized spacial score (nSPS) is 16.3. The summed E-state index contributed by atoms with van der Waals surface area (Å²) in [5, 5.41) is 7.48. The van der Waals surface area contributed by atoms with E-state index >= 15 is 0 Å². The van der Waals surface area contributed by atoms with Crippen molar-refractivity contribution in [2.45, 2.75) is 51.9 Å². The molecule has 104 valence electrons. The molecule has 2 heteroatoms. The Morgan fingerprint density at radius 3 is 2.79 bits per heavy atom. The van der Waals surface area contributed by atoms with E-state index in [0.717, 1.165) is 36.8 Å². The summed E-state index contributed by atoms with van der Waals surface area (Å²) in [6.45, 7) is 2.73. The molecule has 0 radical (unpaired) electrons. The molecule has 1 fully saturated rings. The maximum Gasteiger partial charge on any atom is 0.119 e. The van der Waals surface area contributed by atoms with Gasteiger partial charge >= 0.3 is 0 Å². The van der Waals surface area contributed by atoms with Gasteiger partial charge in [-0.2, -0.15) is 0 Å². The van der Waals surface area contributed by atoms with E-state index in [9.17, 15) is 0 Å². The summed E-state index contributed by atoms with van der Waals surface area (Å²) in [6, 6.07) is 8.36. The number of rotatable bonds is 6. The summed E-state index contributed by atoms with van der Waals surface area (Å²) in [5.41, 5.74) is 2.02. The standard InChI is InChI=1S/C17H25NO/c1-14(18)10-11-15-8-5-9-17(12-15)19-13-16-6-3-2-4-7-16/h5,8-9,12,16,18H,2-4,6-7,10-11,13H2,1H3.